The molecule has 0 spiro atoms. The molecule has 1 saturated carbocycles. The van der Waals surface area contributed by atoms with E-state index in [1.807, 2.05) is 18.2 Å². The molecule has 1 aromatic rings. The number of aliphatic hydroxyl groups excluding tert-OH is 1. The van der Waals surface area contributed by atoms with Gasteiger partial charge < -0.3 is 15.7 Å². The first-order valence-corrected chi connectivity index (χ1v) is 6.80. The number of aliphatic hydroxyl groups is 1. The van der Waals surface area contributed by atoms with Crippen molar-refractivity contribution in [1.29, 1.82) is 0 Å². The average molecular weight is 262 g/mol. The number of rotatable bonds is 5. The Kier molecular flexibility index (Phi) is 4.10. The molecule has 0 bridgehead atoms. The molecule has 1 aliphatic rings. The van der Waals surface area contributed by atoms with Gasteiger partial charge in [-0.2, -0.15) is 0 Å². The Hall–Kier alpha value is -1.55. The summed E-state index contributed by atoms with van der Waals surface area (Å²) in [4.78, 5) is 11.8. The quantitative estimate of drug-likeness (QED) is 0.764. The van der Waals surface area contributed by atoms with Crippen LogP contribution >= 0.6 is 0 Å². The zero-order valence-corrected chi connectivity index (χ0v) is 11.6. The standard InChI is InChI=1S/C15H22N2O2/c1-11(2)12-4-3-5-13(8-12)17-14(19)16-9-15(10-18)6-7-15/h3-5,8,11,18H,6-7,9-10H2,1-2H3,(H2,16,17,19). The second kappa shape index (κ2) is 5.61. The van der Waals surface area contributed by atoms with E-state index in [0.717, 1.165) is 18.5 Å². The maximum absolute atomic E-state index is 11.8. The number of urea groups is 1. The molecule has 0 aromatic heterocycles. The van der Waals surface area contributed by atoms with Gasteiger partial charge in [-0.1, -0.05) is 26.0 Å². The summed E-state index contributed by atoms with van der Waals surface area (Å²) >= 11 is 0. The summed E-state index contributed by atoms with van der Waals surface area (Å²) in [5, 5.41) is 14.8. The molecule has 0 unspecified atom stereocenters. The van der Waals surface area contributed by atoms with Crippen LogP contribution in [0, 0.1) is 5.41 Å². The van der Waals surface area contributed by atoms with Crippen molar-refractivity contribution in [3.8, 4) is 0 Å². The van der Waals surface area contributed by atoms with Crippen molar-refractivity contribution in [1.82, 2.24) is 5.32 Å². The minimum absolute atomic E-state index is 0.0584. The van der Waals surface area contributed by atoms with E-state index in [2.05, 4.69) is 30.5 Å². The van der Waals surface area contributed by atoms with Crippen LogP contribution in [0.3, 0.4) is 0 Å². The largest absolute Gasteiger partial charge is 0.396 e. The first kappa shape index (κ1) is 13.9. The zero-order chi connectivity index (χ0) is 13.9. The highest BCUT2D eigenvalue weighted by molar-refractivity contribution is 5.89. The molecule has 0 aliphatic heterocycles. The molecule has 19 heavy (non-hydrogen) atoms. The van der Waals surface area contributed by atoms with Crippen LogP contribution < -0.4 is 10.6 Å². The molecule has 1 fully saturated rings. The second-order valence-corrected chi connectivity index (χ2v) is 5.75. The van der Waals surface area contributed by atoms with Crippen LogP contribution in [0.4, 0.5) is 10.5 Å². The summed E-state index contributed by atoms with van der Waals surface area (Å²) in [6.07, 6.45) is 1.99. The number of amides is 2. The Morgan fingerprint density at radius 1 is 1.42 bits per heavy atom. The summed E-state index contributed by atoms with van der Waals surface area (Å²) < 4.78 is 0. The van der Waals surface area contributed by atoms with Gasteiger partial charge in [-0.05, 0) is 36.5 Å². The summed E-state index contributed by atoms with van der Waals surface area (Å²) in [5.74, 6) is 0.439. The van der Waals surface area contributed by atoms with E-state index in [-0.39, 0.29) is 18.1 Å². The number of nitrogens with one attached hydrogen (secondary N) is 2. The molecule has 1 aromatic carbocycles. The van der Waals surface area contributed by atoms with Crippen LogP contribution in [-0.4, -0.2) is 24.3 Å². The first-order chi connectivity index (χ1) is 9.04. The smallest absolute Gasteiger partial charge is 0.319 e. The van der Waals surface area contributed by atoms with Gasteiger partial charge in [-0.15, -0.1) is 0 Å². The number of carbonyl (C=O) groups is 1. The summed E-state index contributed by atoms with van der Waals surface area (Å²) in [6.45, 7) is 4.93. The van der Waals surface area contributed by atoms with Crippen molar-refractivity contribution in [3.63, 3.8) is 0 Å². The van der Waals surface area contributed by atoms with Gasteiger partial charge >= 0.3 is 6.03 Å². The maximum atomic E-state index is 11.8. The van der Waals surface area contributed by atoms with E-state index in [4.69, 9.17) is 0 Å². The molecule has 2 amide bonds. The molecular weight excluding hydrogens is 240 g/mol. The van der Waals surface area contributed by atoms with Crippen molar-refractivity contribution in [2.75, 3.05) is 18.5 Å². The monoisotopic (exact) mass is 262 g/mol. The van der Waals surface area contributed by atoms with Crippen molar-refractivity contribution in [2.24, 2.45) is 5.41 Å². The lowest BCUT2D eigenvalue weighted by atomic mass is 10.0. The predicted octanol–water partition coefficient (Wildman–Crippen LogP) is 2.70. The normalized spacial score (nSPS) is 16.2. The third-order valence-electron chi connectivity index (χ3n) is 3.73. The Balaban J connectivity index is 1.86. The highest BCUT2D eigenvalue weighted by Crippen LogP contribution is 2.44. The molecule has 0 heterocycles. The van der Waals surface area contributed by atoms with Gasteiger partial charge in [-0.3, -0.25) is 0 Å². The summed E-state index contributed by atoms with van der Waals surface area (Å²) in [5.41, 5.74) is 1.95. The van der Waals surface area contributed by atoms with Crippen molar-refractivity contribution >= 4 is 11.7 Å². The molecule has 104 valence electrons. The number of carbonyl (C=O) groups excluding carboxylic acids is 1. The van der Waals surface area contributed by atoms with E-state index < -0.39 is 0 Å². The SMILES string of the molecule is CC(C)c1cccc(NC(=O)NCC2(CO)CC2)c1. The molecule has 2 rings (SSSR count). The number of hydrogen-bond donors (Lipinski definition) is 3. The van der Waals surface area contributed by atoms with Gasteiger partial charge in [0.1, 0.15) is 0 Å². The number of anilines is 1. The fourth-order valence-corrected chi connectivity index (χ4v) is 1.99. The topological polar surface area (TPSA) is 61.4 Å². The van der Waals surface area contributed by atoms with E-state index in [0.29, 0.717) is 12.5 Å². The molecule has 4 nitrogen and oxygen atoms in total. The van der Waals surface area contributed by atoms with E-state index in [9.17, 15) is 9.90 Å². The van der Waals surface area contributed by atoms with Crippen LogP contribution in [0.25, 0.3) is 0 Å². The van der Waals surface area contributed by atoms with Gasteiger partial charge in [0.25, 0.3) is 0 Å². The number of benzene rings is 1. The fraction of sp³-hybridized carbons (Fsp3) is 0.533. The van der Waals surface area contributed by atoms with Crippen LogP contribution in [-0.2, 0) is 0 Å². The number of hydrogen-bond acceptors (Lipinski definition) is 2. The van der Waals surface area contributed by atoms with Gasteiger partial charge in [0.05, 0.1) is 6.61 Å². The van der Waals surface area contributed by atoms with E-state index in [1.54, 1.807) is 0 Å². The first-order valence-electron chi connectivity index (χ1n) is 6.80. The lowest BCUT2D eigenvalue weighted by Gasteiger charge is -2.14. The molecule has 0 saturated heterocycles. The molecule has 1 aliphatic carbocycles. The van der Waals surface area contributed by atoms with Crippen LogP contribution in [0.15, 0.2) is 24.3 Å². The fourth-order valence-electron chi connectivity index (χ4n) is 1.99. The molecule has 0 atom stereocenters. The van der Waals surface area contributed by atoms with Gasteiger partial charge in [0.2, 0.25) is 0 Å². The second-order valence-electron chi connectivity index (χ2n) is 5.75. The van der Waals surface area contributed by atoms with Gasteiger partial charge in [-0.25, -0.2) is 4.79 Å². The Morgan fingerprint density at radius 3 is 2.74 bits per heavy atom. The zero-order valence-electron chi connectivity index (χ0n) is 11.6. The highest BCUT2D eigenvalue weighted by Gasteiger charge is 2.42. The Labute approximate surface area is 114 Å². The molecule has 0 radical (unpaired) electrons. The van der Waals surface area contributed by atoms with Crippen LogP contribution in [0.2, 0.25) is 0 Å². The lowest BCUT2D eigenvalue weighted by molar-refractivity contribution is 0.206. The van der Waals surface area contributed by atoms with Crippen LogP contribution in [0.5, 0.6) is 0 Å². The van der Waals surface area contributed by atoms with Crippen molar-refractivity contribution in [2.45, 2.75) is 32.6 Å². The van der Waals surface area contributed by atoms with Crippen molar-refractivity contribution < 1.29 is 9.90 Å². The Bertz CT molecular complexity index is 453. The molecule has 3 N–H and O–H groups in total. The van der Waals surface area contributed by atoms with Gasteiger partial charge in [0.15, 0.2) is 0 Å². The maximum Gasteiger partial charge on any atom is 0.319 e. The summed E-state index contributed by atoms with van der Waals surface area (Å²) in [6, 6.07) is 7.66. The predicted molar refractivity (Wildman–Crippen MR) is 76.3 cm³/mol. The minimum Gasteiger partial charge on any atom is -0.396 e. The van der Waals surface area contributed by atoms with E-state index in [1.165, 1.54) is 5.56 Å². The third kappa shape index (κ3) is 3.70. The van der Waals surface area contributed by atoms with E-state index >= 15 is 0 Å². The Morgan fingerprint density at radius 2 is 2.16 bits per heavy atom. The minimum atomic E-state index is -0.208. The lowest BCUT2D eigenvalue weighted by Crippen LogP contribution is -2.35. The van der Waals surface area contributed by atoms with Gasteiger partial charge in [0, 0.05) is 17.6 Å². The summed E-state index contributed by atoms with van der Waals surface area (Å²) in [7, 11) is 0. The molecule has 4 heteroatoms. The van der Waals surface area contributed by atoms with Crippen molar-refractivity contribution in [3.05, 3.63) is 29.8 Å². The molecular formula is C15H22N2O2. The third-order valence-corrected chi connectivity index (χ3v) is 3.73. The highest BCUT2D eigenvalue weighted by atomic mass is 16.3. The average Bonchev–Trinajstić information content (AvgIpc) is 3.17. The van der Waals surface area contributed by atoms with Crippen LogP contribution in [0.1, 0.15) is 38.2 Å².